The van der Waals surface area contributed by atoms with Crippen LogP contribution >= 0.6 is 15.9 Å². The molecule has 3 rings (SSSR count). The summed E-state index contributed by atoms with van der Waals surface area (Å²) in [5.74, 6) is 0.168. The topological polar surface area (TPSA) is 53.1 Å². The Labute approximate surface area is 162 Å². The first kappa shape index (κ1) is 19.1. The van der Waals surface area contributed by atoms with Crippen molar-refractivity contribution >= 4 is 33.8 Å². The number of hydrogen-bond donors (Lipinski definition) is 0. The SMILES string of the molecule is O=C(/C=C/c1ccccc1Br)N1CCN(CC(=O)N2CCOCC2)CC1. The molecule has 6 nitrogen and oxygen atoms in total. The highest BCUT2D eigenvalue weighted by Crippen LogP contribution is 2.17. The van der Waals surface area contributed by atoms with E-state index in [1.165, 1.54) is 0 Å². The Bertz CT molecular complexity index is 666. The second kappa shape index (κ2) is 9.30. The minimum absolute atomic E-state index is 0.0138. The highest BCUT2D eigenvalue weighted by molar-refractivity contribution is 9.10. The summed E-state index contributed by atoms with van der Waals surface area (Å²) in [7, 11) is 0. The van der Waals surface area contributed by atoms with Crippen LogP contribution in [0.1, 0.15) is 5.56 Å². The number of piperazine rings is 1. The van der Waals surface area contributed by atoms with Crippen LogP contribution in [0.5, 0.6) is 0 Å². The van der Waals surface area contributed by atoms with E-state index in [1.807, 2.05) is 40.1 Å². The highest BCUT2D eigenvalue weighted by Gasteiger charge is 2.24. The van der Waals surface area contributed by atoms with Crippen molar-refractivity contribution in [3.63, 3.8) is 0 Å². The van der Waals surface area contributed by atoms with Gasteiger partial charge in [-0.2, -0.15) is 0 Å². The monoisotopic (exact) mass is 421 g/mol. The fraction of sp³-hybridized carbons (Fsp3) is 0.474. The van der Waals surface area contributed by atoms with Gasteiger partial charge in [0.1, 0.15) is 0 Å². The second-order valence-corrected chi connectivity index (χ2v) is 7.30. The molecule has 0 aromatic heterocycles. The largest absolute Gasteiger partial charge is 0.378 e. The third-order valence-corrected chi connectivity index (χ3v) is 5.44. The second-order valence-electron chi connectivity index (χ2n) is 6.45. The molecule has 0 atom stereocenters. The molecule has 2 saturated heterocycles. The van der Waals surface area contributed by atoms with Crippen molar-refractivity contribution in [2.24, 2.45) is 0 Å². The van der Waals surface area contributed by atoms with Crippen molar-refractivity contribution in [3.8, 4) is 0 Å². The Kier molecular flexibility index (Phi) is 6.82. The first-order valence-corrected chi connectivity index (χ1v) is 9.72. The molecule has 0 bridgehead atoms. The Morgan fingerprint density at radius 1 is 1.00 bits per heavy atom. The van der Waals surface area contributed by atoms with Crippen molar-refractivity contribution in [2.45, 2.75) is 0 Å². The van der Waals surface area contributed by atoms with Crippen molar-refractivity contribution in [1.82, 2.24) is 14.7 Å². The Balaban J connectivity index is 1.45. The normalized spacial score (nSPS) is 19.1. The predicted molar refractivity (Wildman–Crippen MR) is 104 cm³/mol. The molecular weight excluding hydrogens is 398 g/mol. The molecule has 0 unspecified atom stereocenters. The molecule has 2 amide bonds. The fourth-order valence-corrected chi connectivity index (χ4v) is 3.52. The van der Waals surface area contributed by atoms with E-state index < -0.39 is 0 Å². The summed E-state index contributed by atoms with van der Waals surface area (Å²) < 4.78 is 6.25. The number of amides is 2. The van der Waals surface area contributed by atoms with Gasteiger partial charge >= 0.3 is 0 Å². The summed E-state index contributed by atoms with van der Waals surface area (Å²) in [5.41, 5.74) is 0.982. The zero-order valence-electron chi connectivity index (χ0n) is 14.8. The number of nitrogens with zero attached hydrogens (tertiary/aromatic N) is 3. The van der Waals surface area contributed by atoms with Crippen molar-refractivity contribution in [2.75, 3.05) is 59.0 Å². The first-order valence-electron chi connectivity index (χ1n) is 8.93. The number of rotatable bonds is 4. The van der Waals surface area contributed by atoms with E-state index in [0.717, 1.165) is 23.1 Å². The maximum absolute atomic E-state index is 12.4. The summed E-state index contributed by atoms with van der Waals surface area (Å²) in [6.45, 7) is 5.78. The van der Waals surface area contributed by atoms with Gasteiger partial charge in [-0.05, 0) is 17.7 Å². The molecule has 0 aliphatic carbocycles. The van der Waals surface area contributed by atoms with Crippen LogP contribution in [-0.2, 0) is 14.3 Å². The van der Waals surface area contributed by atoms with Gasteiger partial charge in [-0.3, -0.25) is 14.5 Å². The lowest BCUT2D eigenvalue weighted by Gasteiger charge is -2.35. The Morgan fingerprint density at radius 2 is 1.69 bits per heavy atom. The summed E-state index contributed by atoms with van der Waals surface area (Å²) in [6.07, 6.45) is 3.45. The predicted octanol–water partition coefficient (Wildman–Crippen LogP) is 1.47. The average Bonchev–Trinajstić information content (AvgIpc) is 2.68. The zero-order chi connectivity index (χ0) is 18.4. The standard InChI is InChI=1S/C19H24BrN3O3/c20-17-4-2-1-3-16(17)5-6-18(24)22-9-7-21(8-10-22)15-19(25)23-11-13-26-14-12-23/h1-6H,7-15H2/b6-5+. The molecule has 1 aromatic carbocycles. The molecule has 0 spiro atoms. The van der Waals surface area contributed by atoms with Crippen molar-refractivity contribution in [1.29, 1.82) is 0 Å². The molecule has 7 heteroatoms. The fourth-order valence-electron chi connectivity index (χ4n) is 3.11. The summed E-state index contributed by atoms with van der Waals surface area (Å²) in [4.78, 5) is 30.5. The molecule has 0 N–H and O–H groups in total. The van der Waals surface area contributed by atoms with Crippen LogP contribution in [-0.4, -0.2) is 85.5 Å². The molecule has 2 fully saturated rings. The number of carbonyl (C=O) groups is 2. The minimum Gasteiger partial charge on any atom is -0.378 e. The van der Waals surface area contributed by atoms with Gasteiger partial charge in [-0.25, -0.2) is 0 Å². The smallest absolute Gasteiger partial charge is 0.246 e. The number of carbonyl (C=O) groups excluding carboxylic acids is 2. The summed E-state index contributed by atoms with van der Waals surface area (Å²) in [6, 6.07) is 7.80. The maximum atomic E-state index is 12.4. The van der Waals surface area contributed by atoms with Crippen LogP contribution in [0, 0.1) is 0 Å². The molecule has 2 aliphatic rings. The van der Waals surface area contributed by atoms with Crippen LogP contribution in [0.2, 0.25) is 0 Å². The number of halogens is 1. The van der Waals surface area contributed by atoms with E-state index in [2.05, 4.69) is 20.8 Å². The van der Waals surface area contributed by atoms with Crippen LogP contribution < -0.4 is 0 Å². The number of morpholine rings is 1. The molecule has 140 valence electrons. The van der Waals surface area contributed by atoms with Crippen LogP contribution in [0.4, 0.5) is 0 Å². The van der Waals surface area contributed by atoms with Gasteiger partial charge < -0.3 is 14.5 Å². The van der Waals surface area contributed by atoms with Gasteiger partial charge in [-0.1, -0.05) is 34.1 Å². The van der Waals surface area contributed by atoms with Gasteiger partial charge in [0.2, 0.25) is 11.8 Å². The quantitative estimate of drug-likeness (QED) is 0.690. The van der Waals surface area contributed by atoms with E-state index >= 15 is 0 Å². The first-order chi connectivity index (χ1) is 12.6. The van der Waals surface area contributed by atoms with Gasteiger partial charge in [0.25, 0.3) is 0 Å². The average molecular weight is 422 g/mol. The number of hydrogen-bond acceptors (Lipinski definition) is 4. The van der Waals surface area contributed by atoms with E-state index in [1.54, 1.807) is 6.08 Å². The molecule has 1 aromatic rings. The molecule has 0 radical (unpaired) electrons. The molecule has 0 saturated carbocycles. The Morgan fingerprint density at radius 3 is 2.38 bits per heavy atom. The van der Waals surface area contributed by atoms with E-state index in [0.29, 0.717) is 45.9 Å². The third kappa shape index (κ3) is 5.16. The summed E-state index contributed by atoms with van der Waals surface area (Å²) >= 11 is 3.48. The van der Waals surface area contributed by atoms with Crippen molar-refractivity contribution in [3.05, 3.63) is 40.4 Å². The lowest BCUT2D eigenvalue weighted by molar-refractivity contribution is -0.137. The highest BCUT2D eigenvalue weighted by atomic mass is 79.9. The van der Waals surface area contributed by atoms with Gasteiger partial charge in [0.15, 0.2) is 0 Å². The van der Waals surface area contributed by atoms with Gasteiger partial charge in [0, 0.05) is 49.8 Å². The van der Waals surface area contributed by atoms with Crippen molar-refractivity contribution < 1.29 is 14.3 Å². The van der Waals surface area contributed by atoms with E-state index in [-0.39, 0.29) is 11.8 Å². The van der Waals surface area contributed by atoms with Crippen LogP contribution in [0.25, 0.3) is 6.08 Å². The van der Waals surface area contributed by atoms with Crippen LogP contribution in [0.15, 0.2) is 34.8 Å². The van der Waals surface area contributed by atoms with E-state index in [4.69, 9.17) is 4.74 Å². The zero-order valence-corrected chi connectivity index (χ0v) is 16.4. The minimum atomic E-state index is 0.0138. The lowest BCUT2D eigenvalue weighted by Crippen LogP contribution is -2.52. The molecule has 2 aliphatic heterocycles. The number of ether oxygens (including phenoxy) is 1. The lowest BCUT2D eigenvalue weighted by atomic mass is 10.2. The van der Waals surface area contributed by atoms with Gasteiger partial charge in [0.05, 0.1) is 19.8 Å². The van der Waals surface area contributed by atoms with E-state index in [9.17, 15) is 9.59 Å². The summed E-state index contributed by atoms with van der Waals surface area (Å²) in [5, 5.41) is 0. The molecule has 2 heterocycles. The molecular formula is C19H24BrN3O3. The molecule has 26 heavy (non-hydrogen) atoms. The Hall–Kier alpha value is -1.70. The third-order valence-electron chi connectivity index (χ3n) is 4.72. The van der Waals surface area contributed by atoms with Gasteiger partial charge in [-0.15, -0.1) is 0 Å². The number of benzene rings is 1. The van der Waals surface area contributed by atoms with Crippen LogP contribution in [0.3, 0.4) is 0 Å². The maximum Gasteiger partial charge on any atom is 0.246 e.